The fourth-order valence-corrected chi connectivity index (χ4v) is 3.18. The van der Waals surface area contributed by atoms with Crippen LogP contribution in [0, 0.1) is 6.92 Å². The molecule has 10 heteroatoms. The Morgan fingerprint density at radius 2 is 1.88 bits per heavy atom. The Balaban J connectivity index is 1.54. The van der Waals surface area contributed by atoms with E-state index in [9.17, 15) is 9.59 Å². The number of carbonyl (C=O) groups excluding carboxylic acids is 2. The van der Waals surface area contributed by atoms with Crippen LogP contribution < -0.4 is 10.6 Å². The lowest BCUT2D eigenvalue weighted by molar-refractivity contribution is 0.0635. The van der Waals surface area contributed by atoms with Crippen molar-refractivity contribution in [3.63, 3.8) is 0 Å². The van der Waals surface area contributed by atoms with Crippen LogP contribution in [0.15, 0.2) is 47.4 Å². The van der Waals surface area contributed by atoms with Crippen LogP contribution in [-0.2, 0) is 11.8 Å². The molecular formula is C23H24N6O4. The second-order valence-corrected chi connectivity index (χ2v) is 8.58. The van der Waals surface area contributed by atoms with Crippen molar-refractivity contribution in [3.8, 4) is 11.1 Å². The minimum atomic E-state index is -0.635. The Kier molecular flexibility index (Phi) is 5.59. The summed E-state index contributed by atoms with van der Waals surface area (Å²) in [4.78, 5) is 29.2. The molecule has 0 saturated heterocycles. The third-order valence-corrected chi connectivity index (χ3v) is 4.71. The van der Waals surface area contributed by atoms with Crippen molar-refractivity contribution in [1.29, 1.82) is 0 Å². The maximum Gasteiger partial charge on any atom is 0.412 e. The molecule has 4 aromatic rings. The van der Waals surface area contributed by atoms with E-state index in [4.69, 9.17) is 9.26 Å². The van der Waals surface area contributed by atoms with Gasteiger partial charge in [0.05, 0.1) is 34.8 Å². The molecule has 0 bridgehead atoms. The first kappa shape index (κ1) is 22.0. The minimum Gasteiger partial charge on any atom is -0.444 e. The summed E-state index contributed by atoms with van der Waals surface area (Å²) in [7, 11) is 1.84. The molecule has 33 heavy (non-hydrogen) atoms. The molecule has 0 fully saturated rings. The van der Waals surface area contributed by atoms with Gasteiger partial charge in [-0.05, 0) is 51.5 Å². The summed E-state index contributed by atoms with van der Waals surface area (Å²) in [6, 6.07) is 7.08. The van der Waals surface area contributed by atoms with Crippen molar-refractivity contribution in [2.24, 2.45) is 7.05 Å². The Hall–Kier alpha value is -4.21. The number of amides is 2. The summed E-state index contributed by atoms with van der Waals surface area (Å²) >= 11 is 0. The van der Waals surface area contributed by atoms with Crippen LogP contribution in [0.25, 0.3) is 22.1 Å². The summed E-state index contributed by atoms with van der Waals surface area (Å²) in [5.41, 5.74) is 3.21. The molecule has 0 saturated carbocycles. The minimum absolute atomic E-state index is 0.146. The molecule has 0 radical (unpaired) electrons. The van der Waals surface area contributed by atoms with Crippen molar-refractivity contribution in [1.82, 2.24) is 19.9 Å². The molecule has 10 nitrogen and oxygen atoms in total. The smallest absolute Gasteiger partial charge is 0.412 e. The Morgan fingerprint density at radius 1 is 1.09 bits per heavy atom. The summed E-state index contributed by atoms with van der Waals surface area (Å²) in [5, 5.41) is 14.1. The number of anilines is 2. The highest BCUT2D eigenvalue weighted by Gasteiger charge is 2.20. The molecule has 1 aromatic carbocycles. The van der Waals surface area contributed by atoms with E-state index in [1.54, 1.807) is 50.7 Å². The second-order valence-electron chi connectivity index (χ2n) is 8.58. The number of carbonyl (C=O) groups is 2. The van der Waals surface area contributed by atoms with Crippen molar-refractivity contribution in [2.75, 3.05) is 10.6 Å². The van der Waals surface area contributed by atoms with Gasteiger partial charge in [-0.15, -0.1) is 0 Å². The molecule has 2 amide bonds. The van der Waals surface area contributed by atoms with E-state index in [0.29, 0.717) is 28.0 Å². The monoisotopic (exact) mass is 448 g/mol. The SMILES string of the molecule is Cc1ncc(NC(=O)OC(C)(C)C)cc1NC(=O)c1noc2cc(-c3cnn(C)c3)ccc12. The van der Waals surface area contributed by atoms with E-state index in [1.807, 2.05) is 25.4 Å². The summed E-state index contributed by atoms with van der Waals surface area (Å²) in [5.74, 6) is -0.456. The fourth-order valence-electron chi connectivity index (χ4n) is 3.18. The van der Waals surface area contributed by atoms with E-state index in [-0.39, 0.29) is 5.69 Å². The number of aromatic nitrogens is 4. The first-order valence-corrected chi connectivity index (χ1v) is 10.3. The normalized spacial score (nSPS) is 11.4. The van der Waals surface area contributed by atoms with Gasteiger partial charge in [-0.2, -0.15) is 5.10 Å². The largest absolute Gasteiger partial charge is 0.444 e. The molecule has 0 aliphatic carbocycles. The van der Waals surface area contributed by atoms with E-state index in [2.05, 4.69) is 25.9 Å². The number of pyridine rings is 1. The third kappa shape index (κ3) is 5.00. The van der Waals surface area contributed by atoms with E-state index in [0.717, 1.165) is 11.1 Å². The molecule has 3 aromatic heterocycles. The highest BCUT2D eigenvalue weighted by molar-refractivity contribution is 6.11. The van der Waals surface area contributed by atoms with E-state index in [1.165, 1.54) is 6.20 Å². The van der Waals surface area contributed by atoms with Gasteiger partial charge in [0.25, 0.3) is 5.91 Å². The average molecular weight is 448 g/mol. The van der Waals surface area contributed by atoms with Crippen molar-refractivity contribution in [2.45, 2.75) is 33.3 Å². The number of nitrogens with one attached hydrogen (secondary N) is 2. The number of rotatable bonds is 4. The first-order valence-electron chi connectivity index (χ1n) is 10.3. The van der Waals surface area contributed by atoms with Crippen LogP contribution in [0.3, 0.4) is 0 Å². The van der Waals surface area contributed by atoms with E-state index < -0.39 is 17.6 Å². The topological polar surface area (TPSA) is 124 Å². The molecule has 0 aliphatic rings. The van der Waals surface area contributed by atoms with Gasteiger partial charge in [0.15, 0.2) is 11.3 Å². The predicted molar refractivity (Wildman–Crippen MR) is 123 cm³/mol. The van der Waals surface area contributed by atoms with Gasteiger partial charge < -0.3 is 14.6 Å². The lowest BCUT2D eigenvalue weighted by Crippen LogP contribution is -2.27. The first-order chi connectivity index (χ1) is 15.6. The van der Waals surface area contributed by atoms with Crippen LogP contribution in [0.5, 0.6) is 0 Å². The number of ether oxygens (including phenoxy) is 1. The number of aryl methyl sites for hydroxylation is 2. The number of hydrogen-bond acceptors (Lipinski definition) is 7. The summed E-state index contributed by atoms with van der Waals surface area (Å²) in [6.45, 7) is 7.06. The lowest BCUT2D eigenvalue weighted by atomic mass is 10.1. The van der Waals surface area contributed by atoms with Gasteiger partial charge in [0.1, 0.15) is 5.60 Å². The quantitative estimate of drug-likeness (QED) is 0.470. The zero-order valence-electron chi connectivity index (χ0n) is 19.0. The molecular weight excluding hydrogens is 424 g/mol. The zero-order chi connectivity index (χ0) is 23.8. The number of fused-ring (bicyclic) bond motifs is 1. The molecule has 170 valence electrons. The Morgan fingerprint density at radius 3 is 2.58 bits per heavy atom. The summed E-state index contributed by atoms with van der Waals surface area (Å²) in [6.07, 6.45) is 4.51. The van der Waals surface area contributed by atoms with Crippen molar-refractivity contribution in [3.05, 3.63) is 54.2 Å². The van der Waals surface area contributed by atoms with Crippen LogP contribution in [0.4, 0.5) is 16.2 Å². The Labute approximate surface area is 189 Å². The van der Waals surface area contributed by atoms with Crippen LogP contribution >= 0.6 is 0 Å². The number of nitrogens with zero attached hydrogens (tertiary/aromatic N) is 4. The highest BCUT2D eigenvalue weighted by Crippen LogP contribution is 2.27. The second kappa shape index (κ2) is 8.38. The standard InChI is InChI=1S/C23H24N6O4/c1-13-18(9-16(11-24-13)26-22(31)32-23(2,3)4)27-21(30)20-17-7-6-14(8-19(17)33-28-20)15-10-25-29(5)12-15/h6-12H,1-5H3,(H,26,31)(H,27,30). The molecule has 3 heterocycles. The molecule has 4 rings (SSSR count). The predicted octanol–water partition coefficient (Wildman–Crippen LogP) is 4.53. The fraction of sp³-hybridized carbons (Fsp3) is 0.261. The molecule has 0 atom stereocenters. The van der Waals surface area contributed by atoms with Gasteiger partial charge in [0.2, 0.25) is 0 Å². The van der Waals surface area contributed by atoms with Gasteiger partial charge in [-0.1, -0.05) is 11.2 Å². The molecule has 0 spiro atoms. The highest BCUT2D eigenvalue weighted by atomic mass is 16.6. The van der Waals surface area contributed by atoms with E-state index >= 15 is 0 Å². The molecule has 2 N–H and O–H groups in total. The lowest BCUT2D eigenvalue weighted by Gasteiger charge is -2.19. The Bertz CT molecular complexity index is 1350. The van der Waals surface area contributed by atoms with Crippen molar-refractivity contribution < 1.29 is 18.8 Å². The molecule has 0 unspecified atom stereocenters. The van der Waals surface area contributed by atoms with Gasteiger partial charge >= 0.3 is 6.09 Å². The van der Waals surface area contributed by atoms with Crippen LogP contribution in [-0.4, -0.2) is 37.5 Å². The zero-order valence-corrected chi connectivity index (χ0v) is 19.0. The maximum atomic E-state index is 12.9. The van der Waals surface area contributed by atoms with Gasteiger partial charge in [-0.25, -0.2) is 4.79 Å². The summed E-state index contributed by atoms with van der Waals surface area (Å²) < 4.78 is 12.4. The van der Waals surface area contributed by atoms with Gasteiger partial charge in [-0.3, -0.25) is 19.8 Å². The van der Waals surface area contributed by atoms with Crippen LogP contribution in [0.1, 0.15) is 37.0 Å². The third-order valence-electron chi connectivity index (χ3n) is 4.71. The number of hydrogen-bond donors (Lipinski definition) is 2. The van der Waals surface area contributed by atoms with Crippen molar-refractivity contribution >= 4 is 34.3 Å². The maximum absolute atomic E-state index is 12.9. The number of benzene rings is 1. The van der Waals surface area contributed by atoms with Crippen LogP contribution in [0.2, 0.25) is 0 Å². The van der Waals surface area contributed by atoms with Gasteiger partial charge in [0, 0.05) is 18.8 Å². The average Bonchev–Trinajstić information content (AvgIpc) is 3.34. The molecule has 0 aliphatic heterocycles.